The lowest BCUT2D eigenvalue weighted by molar-refractivity contribution is 0.439. The van der Waals surface area contributed by atoms with E-state index in [0.29, 0.717) is 11.5 Å². The van der Waals surface area contributed by atoms with Gasteiger partial charge in [-0.15, -0.1) is 0 Å². The Morgan fingerprint density at radius 1 is 0.621 bits per heavy atom. The van der Waals surface area contributed by atoms with Gasteiger partial charge in [0, 0.05) is 0 Å². The summed E-state index contributed by atoms with van der Waals surface area (Å²) >= 11 is 0. The average molecular weight is 397 g/mol. The smallest absolute Gasteiger partial charge is 0.122 e. The highest BCUT2D eigenvalue weighted by atomic mass is 16.3. The van der Waals surface area contributed by atoms with Gasteiger partial charge < -0.3 is 10.2 Å². The number of benzene rings is 2. The van der Waals surface area contributed by atoms with Crippen LogP contribution in [0.5, 0.6) is 11.5 Å². The minimum Gasteiger partial charge on any atom is -0.507 e. The topological polar surface area (TPSA) is 40.5 Å². The van der Waals surface area contributed by atoms with Crippen molar-refractivity contribution in [3.05, 3.63) is 57.6 Å². The minimum atomic E-state index is -0.110. The van der Waals surface area contributed by atoms with E-state index in [-0.39, 0.29) is 10.8 Å². The molecule has 160 valence electrons. The van der Waals surface area contributed by atoms with Crippen LogP contribution in [0, 0.1) is 0 Å². The van der Waals surface area contributed by atoms with Crippen molar-refractivity contribution in [3.8, 4) is 11.5 Å². The first-order valence-corrected chi connectivity index (χ1v) is 11.1. The highest BCUT2D eigenvalue weighted by Gasteiger charge is 2.23. The summed E-state index contributed by atoms with van der Waals surface area (Å²) in [6.45, 7) is 17.2. The molecule has 0 amide bonds. The van der Waals surface area contributed by atoms with Crippen LogP contribution in [0.15, 0.2) is 24.3 Å². The van der Waals surface area contributed by atoms with E-state index in [2.05, 4.69) is 79.7 Å². The fraction of sp³-hybridized carbons (Fsp3) is 0.556. The van der Waals surface area contributed by atoms with E-state index >= 15 is 0 Å². The molecule has 0 aliphatic rings. The maximum absolute atomic E-state index is 10.8. The van der Waals surface area contributed by atoms with Gasteiger partial charge >= 0.3 is 0 Å². The Morgan fingerprint density at radius 3 is 1.24 bits per heavy atom. The average Bonchev–Trinajstić information content (AvgIpc) is 2.58. The third-order valence-electron chi connectivity index (χ3n) is 5.56. The predicted octanol–water partition coefficient (Wildman–Crippen LogP) is 7.19. The number of phenols is 2. The lowest BCUT2D eigenvalue weighted by Gasteiger charge is -2.25. The zero-order valence-electron chi connectivity index (χ0n) is 19.7. The maximum atomic E-state index is 10.8. The maximum Gasteiger partial charge on any atom is 0.122 e. The van der Waals surface area contributed by atoms with E-state index < -0.39 is 0 Å². The van der Waals surface area contributed by atoms with E-state index in [1.54, 1.807) is 0 Å². The summed E-state index contributed by atoms with van der Waals surface area (Å²) in [6, 6.07) is 8.66. The van der Waals surface area contributed by atoms with E-state index in [4.69, 9.17) is 0 Å². The molecule has 0 aliphatic heterocycles. The summed E-state index contributed by atoms with van der Waals surface area (Å²) in [5, 5.41) is 21.6. The second-order valence-corrected chi connectivity index (χ2v) is 10.5. The van der Waals surface area contributed by atoms with Crippen molar-refractivity contribution in [1.82, 2.24) is 0 Å². The molecule has 2 N–H and O–H groups in total. The monoisotopic (exact) mass is 396 g/mol. The summed E-state index contributed by atoms with van der Waals surface area (Å²) in [5.74, 6) is 0.909. The Hall–Kier alpha value is -1.96. The first-order valence-electron chi connectivity index (χ1n) is 11.1. The molecule has 2 heteroatoms. The number of rotatable bonds is 6. The molecule has 0 unspecified atom stereocenters. The second-order valence-electron chi connectivity index (χ2n) is 10.5. The predicted molar refractivity (Wildman–Crippen MR) is 124 cm³/mol. The van der Waals surface area contributed by atoms with E-state index in [0.717, 1.165) is 54.4 Å². The number of aromatic hydroxyl groups is 2. The van der Waals surface area contributed by atoms with Crippen molar-refractivity contribution in [1.29, 1.82) is 0 Å². The highest BCUT2D eigenvalue weighted by Crippen LogP contribution is 2.38. The van der Waals surface area contributed by atoms with Crippen LogP contribution >= 0.6 is 0 Å². The van der Waals surface area contributed by atoms with Crippen molar-refractivity contribution < 1.29 is 10.2 Å². The molecule has 0 saturated heterocycles. The number of phenolic OH excluding ortho intramolecular Hbond substituents is 2. The SMILES string of the molecule is CCCc1cc(Cc2cc(CCC)c(O)c(C(C)(C)C)c2)cc(C(C)(C)C)c1O. The molecule has 0 fully saturated rings. The summed E-state index contributed by atoms with van der Waals surface area (Å²) in [5.41, 5.74) is 6.35. The number of aryl methyl sites for hydroxylation is 2. The standard InChI is InChI=1S/C27H40O2/c1-9-11-20-14-18(16-22(24(20)28)26(3,4)5)13-19-15-21(12-10-2)25(29)23(17-19)27(6,7)8/h14-17,28-29H,9-13H2,1-8H3. The Bertz CT molecular complexity index is 777. The third-order valence-corrected chi connectivity index (χ3v) is 5.56. The van der Waals surface area contributed by atoms with Crippen LogP contribution < -0.4 is 0 Å². The van der Waals surface area contributed by atoms with E-state index in [1.165, 1.54) is 11.1 Å². The molecule has 0 bridgehead atoms. The van der Waals surface area contributed by atoms with Gasteiger partial charge in [-0.2, -0.15) is 0 Å². The highest BCUT2D eigenvalue weighted by molar-refractivity contribution is 5.51. The van der Waals surface area contributed by atoms with Crippen molar-refractivity contribution in [2.45, 2.75) is 98.3 Å². The van der Waals surface area contributed by atoms with Gasteiger partial charge in [0.05, 0.1) is 0 Å². The van der Waals surface area contributed by atoms with Crippen molar-refractivity contribution in [2.24, 2.45) is 0 Å². The first-order chi connectivity index (χ1) is 13.4. The molecular weight excluding hydrogens is 356 g/mol. The molecule has 29 heavy (non-hydrogen) atoms. The van der Waals surface area contributed by atoms with Crippen molar-refractivity contribution >= 4 is 0 Å². The lowest BCUT2D eigenvalue weighted by atomic mass is 9.81. The zero-order valence-corrected chi connectivity index (χ0v) is 19.7. The molecule has 2 aromatic carbocycles. The molecule has 2 aromatic rings. The molecule has 0 radical (unpaired) electrons. The normalized spacial score (nSPS) is 12.4. The number of hydrogen-bond donors (Lipinski definition) is 2. The Kier molecular flexibility index (Phi) is 7.09. The van der Waals surface area contributed by atoms with E-state index in [1.807, 2.05) is 0 Å². The van der Waals surface area contributed by atoms with Gasteiger partial charge in [0.25, 0.3) is 0 Å². The van der Waals surface area contributed by atoms with Crippen LogP contribution in [-0.2, 0) is 30.1 Å². The Balaban J connectivity index is 2.58. The van der Waals surface area contributed by atoms with Crippen LogP contribution in [-0.4, -0.2) is 10.2 Å². The summed E-state index contributed by atoms with van der Waals surface area (Å²) in [7, 11) is 0. The molecule has 0 aliphatic carbocycles. The zero-order chi connectivity index (χ0) is 22.0. The molecular formula is C27H40O2. The minimum absolute atomic E-state index is 0.110. The number of hydrogen-bond acceptors (Lipinski definition) is 2. The molecule has 0 heterocycles. The first kappa shape index (κ1) is 23.3. The summed E-state index contributed by atoms with van der Waals surface area (Å²) in [4.78, 5) is 0. The van der Waals surface area contributed by atoms with Gasteiger partial charge in [0.15, 0.2) is 0 Å². The van der Waals surface area contributed by atoms with Crippen LogP contribution in [0.3, 0.4) is 0 Å². The van der Waals surface area contributed by atoms with Crippen LogP contribution in [0.1, 0.15) is 102 Å². The molecule has 0 atom stereocenters. The Morgan fingerprint density at radius 2 is 0.966 bits per heavy atom. The van der Waals surface area contributed by atoms with E-state index in [9.17, 15) is 10.2 Å². The summed E-state index contributed by atoms with van der Waals surface area (Å²) in [6.07, 6.45) is 4.59. The summed E-state index contributed by atoms with van der Waals surface area (Å²) < 4.78 is 0. The van der Waals surface area contributed by atoms with Gasteiger partial charge in [-0.3, -0.25) is 0 Å². The van der Waals surface area contributed by atoms with Gasteiger partial charge in [-0.05, 0) is 63.5 Å². The quantitative estimate of drug-likeness (QED) is 0.542. The van der Waals surface area contributed by atoms with Gasteiger partial charge in [-0.1, -0.05) is 92.5 Å². The molecule has 0 saturated carbocycles. The van der Waals surface area contributed by atoms with Gasteiger partial charge in [-0.25, -0.2) is 0 Å². The lowest BCUT2D eigenvalue weighted by Crippen LogP contribution is -2.14. The molecule has 0 aromatic heterocycles. The Labute approximate surface area is 178 Å². The van der Waals surface area contributed by atoms with Crippen LogP contribution in [0.2, 0.25) is 0 Å². The van der Waals surface area contributed by atoms with Crippen molar-refractivity contribution in [3.63, 3.8) is 0 Å². The second kappa shape index (κ2) is 8.81. The molecule has 2 nitrogen and oxygen atoms in total. The fourth-order valence-electron chi connectivity index (χ4n) is 4.02. The van der Waals surface area contributed by atoms with Crippen LogP contribution in [0.25, 0.3) is 0 Å². The van der Waals surface area contributed by atoms with Crippen molar-refractivity contribution in [2.75, 3.05) is 0 Å². The van der Waals surface area contributed by atoms with Gasteiger partial charge in [0.2, 0.25) is 0 Å². The van der Waals surface area contributed by atoms with Crippen LogP contribution in [0.4, 0.5) is 0 Å². The largest absolute Gasteiger partial charge is 0.507 e. The third kappa shape index (κ3) is 5.56. The molecule has 2 rings (SSSR count). The fourth-order valence-corrected chi connectivity index (χ4v) is 4.02. The van der Waals surface area contributed by atoms with Gasteiger partial charge in [0.1, 0.15) is 11.5 Å². The molecule has 0 spiro atoms.